The predicted molar refractivity (Wildman–Crippen MR) is 58.8 cm³/mol. The highest BCUT2D eigenvalue weighted by Gasteiger charge is 2.14. The zero-order valence-electron chi connectivity index (χ0n) is 9.45. The molecule has 2 atom stereocenters. The number of amidine groups is 1. The van der Waals surface area contributed by atoms with Crippen LogP contribution in [0.5, 0.6) is 0 Å². The number of nitrogens with two attached hydrogens (primary N) is 1. The summed E-state index contributed by atoms with van der Waals surface area (Å²) in [6.45, 7) is 6.12. The van der Waals surface area contributed by atoms with E-state index < -0.39 is 0 Å². The van der Waals surface area contributed by atoms with Crippen LogP contribution in [0.3, 0.4) is 0 Å². The summed E-state index contributed by atoms with van der Waals surface area (Å²) in [7, 11) is 0. The van der Waals surface area contributed by atoms with E-state index in [-0.39, 0.29) is 23.8 Å². The minimum atomic E-state index is -0.286. The molecule has 0 saturated heterocycles. The molecule has 1 amide bonds. The van der Waals surface area contributed by atoms with Gasteiger partial charge in [-0.25, -0.2) is 0 Å². The summed E-state index contributed by atoms with van der Waals surface area (Å²) < 4.78 is 0. The van der Waals surface area contributed by atoms with Crippen LogP contribution in [0, 0.1) is 0 Å². The van der Waals surface area contributed by atoms with Crippen LogP contribution >= 0.6 is 0 Å². The van der Waals surface area contributed by atoms with Crippen LogP contribution in [0.25, 0.3) is 0 Å². The summed E-state index contributed by atoms with van der Waals surface area (Å²) >= 11 is 0. The number of nitrogens with one attached hydrogen (secondary N) is 2. The molecule has 0 aromatic heterocycles. The third kappa shape index (κ3) is 5.90. The molecule has 0 heterocycles. The number of hydrogen-bond acceptors (Lipinski definition) is 4. The normalized spacial score (nSPS) is 15.8. The molecule has 0 fully saturated rings. The van der Waals surface area contributed by atoms with Gasteiger partial charge < -0.3 is 21.6 Å². The molecular weight excluding hydrogens is 196 g/mol. The summed E-state index contributed by atoms with van der Waals surface area (Å²) in [4.78, 5) is 11.3. The van der Waals surface area contributed by atoms with E-state index in [2.05, 4.69) is 15.8 Å². The quantitative estimate of drug-likeness (QED) is 0.210. The standard InChI is InChI=1S/C9H20N4O2/c1-4-11-9(14)7(3)12-6(2)5-8(10)13-15/h6-7,12,15H,4-5H2,1-3H3,(H2,10,13)(H,11,14). The van der Waals surface area contributed by atoms with Gasteiger partial charge in [-0.1, -0.05) is 5.16 Å². The fourth-order valence-electron chi connectivity index (χ4n) is 1.24. The summed E-state index contributed by atoms with van der Waals surface area (Å²) in [6, 6.07) is -0.301. The zero-order chi connectivity index (χ0) is 11.8. The number of carbonyl (C=O) groups excluding carboxylic acids is 1. The van der Waals surface area contributed by atoms with E-state index >= 15 is 0 Å². The van der Waals surface area contributed by atoms with Crippen LogP contribution in [-0.4, -0.2) is 35.6 Å². The van der Waals surface area contributed by atoms with Crippen molar-refractivity contribution >= 4 is 11.7 Å². The Morgan fingerprint density at radius 1 is 1.53 bits per heavy atom. The summed E-state index contributed by atoms with van der Waals surface area (Å²) in [5.41, 5.74) is 5.34. The molecule has 0 aliphatic rings. The Bertz CT molecular complexity index is 230. The molecule has 0 radical (unpaired) electrons. The van der Waals surface area contributed by atoms with E-state index in [1.165, 1.54) is 0 Å². The van der Waals surface area contributed by atoms with Gasteiger partial charge in [-0.15, -0.1) is 0 Å². The van der Waals surface area contributed by atoms with Crippen molar-refractivity contribution < 1.29 is 10.0 Å². The first-order chi connectivity index (χ1) is 7.01. The van der Waals surface area contributed by atoms with Crippen LogP contribution in [0.4, 0.5) is 0 Å². The second-order valence-corrected chi connectivity index (χ2v) is 3.48. The Hall–Kier alpha value is -1.30. The Balaban J connectivity index is 3.95. The van der Waals surface area contributed by atoms with Crippen molar-refractivity contribution in [3.63, 3.8) is 0 Å². The topological polar surface area (TPSA) is 99.7 Å². The van der Waals surface area contributed by atoms with Gasteiger partial charge in [0.05, 0.1) is 6.04 Å². The lowest BCUT2D eigenvalue weighted by Gasteiger charge is -2.18. The van der Waals surface area contributed by atoms with Gasteiger partial charge in [0.2, 0.25) is 5.91 Å². The van der Waals surface area contributed by atoms with Crippen LogP contribution in [0.15, 0.2) is 5.16 Å². The monoisotopic (exact) mass is 216 g/mol. The number of likely N-dealkylation sites (N-methyl/N-ethyl adjacent to an activating group) is 1. The van der Waals surface area contributed by atoms with Crippen molar-refractivity contribution in [2.45, 2.75) is 39.3 Å². The molecule has 0 aromatic carbocycles. The van der Waals surface area contributed by atoms with Crippen molar-refractivity contribution in [1.82, 2.24) is 10.6 Å². The molecule has 5 N–H and O–H groups in total. The number of nitrogens with zero attached hydrogens (tertiary/aromatic N) is 1. The fourth-order valence-corrected chi connectivity index (χ4v) is 1.24. The number of amides is 1. The molecule has 88 valence electrons. The second-order valence-electron chi connectivity index (χ2n) is 3.48. The fraction of sp³-hybridized carbons (Fsp3) is 0.778. The Labute approximate surface area is 89.9 Å². The van der Waals surface area contributed by atoms with Crippen molar-refractivity contribution in [1.29, 1.82) is 0 Å². The van der Waals surface area contributed by atoms with E-state index in [9.17, 15) is 4.79 Å². The smallest absolute Gasteiger partial charge is 0.236 e. The highest BCUT2D eigenvalue weighted by Crippen LogP contribution is 1.93. The first-order valence-corrected chi connectivity index (χ1v) is 5.01. The molecule has 0 aliphatic carbocycles. The maximum Gasteiger partial charge on any atom is 0.236 e. The van der Waals surface area contributed by atoms with E-state index in [0.717, 1.165) is 0 Å². The van der Waals surface area contributed by atoms with Gasteiger partial charge >= 0.3 is 0 Å². The SMILES string of the molecule is CCNC(=O)C(C)NC(C)CC(N)=NO. The first-order valence-electron chi connectivity index (χ1n) is 5.01. The lowest BCUT2D eigenvalue weighted by atomic mass is 10.2. The molecule has 0 aliphatic heterocycles. The molecule has 0 aromatic rings. The maximum absolute atomic E-state index is 11.3. The molecule has 0 rings (SSSR count). The van der Waals surface area contributed by atoms with Gasteiger partial charge in [0.25, 0.3) is 0 Å². The van der Waals surface area contributed by atoms with Gasteiger partial charge in [0.1, 0.15) is 5.84 Å². The van der Waals surface area contributed by atoms with Crippen LogP contribution < -0.4 is 16.4 Å². The third-order valence-corrected chi connectivity index (χ3v) is 1.92. The molecule has 6 nitrogen and oxygen atoms in total. The van der Waals surface area contributed by atoms with E-state index in [1.807, 2.05) is 13.8 Å². The summed E-state index contributed by atoms with van der Waals surface area (Å²) in [5.74, 6) is 0.0990. The highest BCUT2D eigenvalue weighted by molar-refractivity contribution is 5.82. The van der Waals surface area contributed by atoms with Crippen molar-refractivity contribution in [3.05, 3.63) is 0 Å². The highest BCUT2D eigenvalue weighted by atomic mass is 16.4. The third-order valence-electron chi connectivity index (χ3n) is 1.92. The van der Waals surface area contributed by atoms with E-state index in [0.29, 0.717) is 13.0 Å². The second kappa shape index (κ2) is 7.05. The molecule has 0 bridgehead atoms. The van der Waals surface area contributed by atoms with Crippen LogP contribution in [0.2, 0.25) is 0 Å². The average Bonchev–Trinajstić information content (AvgIpc) is 2.17. The zero-order valence-corrected chi connectivity index (χ0v) is 9.45. The van der Waals surface area contributed by atoms with Gasteiger partial charge in [-0.2, -0.15) is 0 Å². The van der Waals surface area contributed by atoms with Crippen molar-refractivity contribution in [3.8, 4) is 0 Å². The van der Waals surface area contributed by atoms with Gasteiger partial charge in [0, 0.05) is 19.0 Å². The van der Waals surface area contributed by atoms with Gasteiger partial charge in [-0.05, 0) is 20.8 Å². The van der Waals surface area contributed by atoms with Crippen LogP contribution in [-0.2, 0) is 4.79 Å². The van der Waals surface area contributed by atoms with Crippen molar-refractivity contribution in [2.75, 3.05) is 6.54 Å². The Kier molecular flexibility index (Phi) is 6.44. The summed E-state index contributed by atoms with van der Waals surface area (Å²) in [6.07, 6.45) is 0.403. The number of hydrogen-bond donors (Lipinski definition) is 4. The number of rotatable bonds is 6. The van der Waals surface area contributed by atoms with Crippen molar-refractivity contribution in [2.24, 2.45) is 10.9 Å². The minimum Gasteiger partial charge on any atom is -0.409 e. The largest absolute Gasteiger partial charge is 0.409 e. The Morgan fingerprint density at radius 2 is 2.13 bits per heavy atom. The molecule has 15 heavy (non-hydrogen) atoms. The predicted octanol–water partition coefficient (Wildman–Crippen LogP) is -0.374. The minimum absolute atomic E-state index is 0.0153. The molecule has 6 heteroatoms. The molecular formula is C9H20N4O2. The lowest BCUT2D eigenvalue weighted by Crippen LogP contribution is -2.46. The molecule has 2 unspecified atom stereocenters. The van der Waals surface area contributed by atoms with E-state index in [4.69, 9.17) is 10.9 Å². The van der Waals surface area contributed by atoms with Crippen LogP contribution in [0.1, 0.15) is 27.2 Å². The molecule has 0 spiro atoms. The number of oxime groups is 1. The maximum atomic E-state index is 11.3. The average molecular weight is 216 g/mol. The van der Waals surface area contributed by atoms with E-state index in [1.54, 1.807) is 6.92 Å². The number of carbonyl (C=O) groups is 1. The van der Waals surface area contributed by atoms with Gasteiger partial charge in [0.15, 0.2) is 0 Å². The first kappa shape index (κ1) is 13.7. The Morgan fingerprint density at radius 3 is 2.60 bits per heavy atom. The molecule has 0 saturated carbocycles. The van der Waals surface area contributed by atoms with Gasteiger partial charge in [-0.3, -0.25) is 4.79 Å². The summed E-state index contributed by atoms with van der Waals surface area (Å²) in [5, 5.41) is 17.0. The lowest BCUT2D eigenvalue weighted by molar-refractivity contribution is -0.122.